The van der Waals surface area contributed by atoms with Crippen LogP contribution in [0, 0.1) is 0 Å². The molecule has 1 aromatic heterocycles. The normalized spacial score (nSPS) is 15.3. The van der Waals surface area contributed by atoms with Crippen molar-refractivity contribution in [3.63, 3.8) is 0 Å². The number of anilines is 1. The Hall–Kier alpha value is -2.44. The van der Waals surface area contributed by atoms with E-state index in [1.807, 2.05) is 36.7 Å². The highest BCUT2D eigenvalue weighted by Gasteiger charge is 2.16. The first-order valence-corrected chi connectivity index (χ1v) is 11.5. The van der Waals surface area contributed by atoms with E-state index in [-0.39, 0.29) is 5.91 Å². The maximum Gasteiger partial charge on any atom is 0.255 e. The quantitative estimate of drug-likeness (QED) is 0.529. The summed E-state index contributed by atoms with van der Waals surface area (Å²) in [4.78, 5) is 21.8. The molecule has 0 radical (unpaired) electrons. The van der Waals surface area contributed by atoms with Crippen molar-refractivity contribution in [3.05, 3.63) is 93.7 Å². The number of hydrogen-bond acceptors (Lipinski definition) is 4. The lowest BCUT2D eigenvalue weighted by Crippen LogP contribution is -2.30. The van der Waals surface area contributed by atoms with E-state index < -0.39 is 0 Å². The Bertz CT molecular complexity index is 1060. The lowest BCUT2D eigenvalue weighted by atomic mass is 10.1. The van der Waals surface area contributed by atoms with Gasteiger partial charge in [-0.25, -0.2) is 0 Å². The fourth-order valence-electron chi connectivity index (χ4n) is 3.94. The van der Waals surface area contributed by atoms with Crippen LogP contribution in [0.2, 0.25) is 10.0 Å². The summed E-state index contributed by atoms with van der Waals surface area (Å²) >= 11 is 12.0. The molecule has 1 saturated heterocycles. The number of aromatic nitrogens is 1. The molecule has 0 aliphatic carbocycles. The molecule has 0 saturated carbocycles. The third-order valence-corrected chi connectivity index (χ3v) is 6.32. The smallest absolute Gasteiger partial charge is 0.255 e. The van der Waals surface area contributed by atoms with Gasteiger partial charge in [0, 0.05) is 49.8 Å². The predicted octanol–water partition coefficient (Wildman–Crippen LogP) is 5.35. The fraction of sp³-hybridized carbons (Fsp3) is 0.280. The van der Waals surface area contributed by atoms with E-state index >= 15 is 0 Å². The summed E-state index contributed by atoms with van der Waals surface area (Å²) in [5, 5.41) is 3.76. The Kier molecular flexibility index (Phi) is 7.76. The van der Waals surface area contributed by atoms with E-state index in [0.29, 0.717) is 15.6 Å². The maximum absolute atomic E-state index is 12.6. The van der Waals surface area contributed by atoms with Crippen molar-refractivity contribution in [2.24, 2.45) is 0 Å². The number of halogens is 2. The molecule has 3 aromatic rings. The fourth-order valence-corrected chi connectivity index (χ4v) is 4.23. The predicted molar refractivity (Wildman–Crippen MR) is 130 cm³/mol. The largest absolute Gasteiger partial charge is 0.322 e. The number of rotatable bonds is 6. The number of nitrogens with one attached hydrogen (secondary N) is 1. The van der Waals surface area contributed by atoms with Gasteiger partial charge in [-0.05, 0) is 67.0 Å². The molecule has 166 valence electrons. The van der Waals surface area contributed by atoms with Gasteiger partial charge in [0.1, 0.15) is 0 Å². The number of nitrogens with zero attached hydrogens (tertiary/aromatic N) is 3. The molecule has 1 amide bonds. The minimum Gasteiger partial charge on any atom is -0.322 e. The van der Waals surface area contributed by atoms with Gasteiger partial charge >= 0.3 is 0 Å². The van der Waals surface area contributed by atoms with Crippen LogP contribution in [0.1, 0.15) is 27.9 Å². The van der Waals surface area contributed by atoms with Gasteiger partial charge in [0.2, 0.25) is 0 Å². The van der Waals surface area contributed by atoms with Crippen molar-refractivity contribution in [2.45, 2.75) is 19.5 Å². The Morgan fingerprint density at radius 1 is 0.875 bits per heavy atom. The second-order valence-electron chi connectivity index (χ2n) is 8.05. The van der Waals surface area contributed by atoms with Crippen LogP contribution in [0.3, 0.4) is 0 Å². The topological polar surface area (TPSA) is 48.5 Å². The van der Waals surface area contributed by atoms with Crippen LogP contribution in [0.15, 0.2) is 67.0 Å². The van der Waals surface area contributed by atoms with Crippen molar-refractivity contribution in [1.82, 2.24) is 14.8 Å². The number of carbonyl (C=O) groups is 1. The molecule has 4 rings (SSSR count). The van der Waals surface area contributed by atoms with Gasteiger partial charge in [0.05, 0.1) is 10.0 Å². The van der Waals surface area contributed by atoms with Crippen molar-refractivity contribution in [3.8, 4) is 0 Å². The SMILES string of the molecule is O=C(Nc1cccc(CN2CCCN(Cc3cccnc3)CC2)c1)c1ccc(Cl)c(Cl)c1. The average molecular weight is 469 g/mol. The number of carbonyl (C=O) groups excluding carboxylic acids is 1. The van der Waals surface area contributed by atoms with Gasteiger partial charge < -0.3 is 5.32 Å². The molecule has 1 aliphatic rings. The van der Waals surface area contributed by atoms with Crippen LogP contribution < -0.4 is 5.32 Å². The first-order chi connectivity index (χ1) is 15.6. The molecule has 1 N–H and O–H groups in total. The maximum atomic E-state index is 12.6. The van der Waals surface area contributed by atoms with E-state index in [0.717, 1.165) is 51.4 Å². The minimum atomic E-state index is -0.207. The van der Waals surface area contributed by atoms with Crippen LogP contribution in [0.4, 0.5) is 5.69 Å². The van der Waals surface area contributed by atoms with E-state index in [1.54, 1.807) is 18.2 Å². The first kappa shape index (κ1) is 22.7. The van der Waals surface area contributed by atoms with E-state index in [1.165, 1.54) is 11.1 Å². The van der Waals surface area contributed by atoms with Crippen molar-refractivity contribution in [1.29, 1.82) is 0 Å². The number of pyridine rings is 1. The van der Waals surface area contributed by atoms with Crippen LogP contribution in [0.25, 0.3) is 0 Å². The standard InChI is InChI=1S/C25H26Cl2N4O/c26-23-8-7-21(15-24(23)27)25(32)29-22-6-1-4-19(14-22)17-30-10-3-11-31(13-12-30)18-20-5-2-9-28-16-20/h1-2,4-9,14-16H,3,10-13,17-18H2,(H,29,32). The Morgan fingerprint density at radius 2 is 1.62 bits per heavy atom. The minimum absolute atomic E-state index is 0.207. The molecule has 0 bridgehead atoms. The second-order valence-corrected chi connectivity index (χ2v) is 8.86. The molecule has 1 aliphatic heterocycles. The lowest BCUT2D eigenvalue weighted by molar-refractivity contribution is 0.102. The number of hydrogen-bond donors (Lipinski definition) is 1. The van der Waals surface area contributed by atoms with Gasteiger partial charge in [-0.1, -0.05) is 41.4 Å². The molecule has 0 spiro atoms. The zero-order valence-corrected chi connectivity index (χ0v) is 19.3. The molecule has 2 aromatic carbocycles. The van der Waals surface area contributed by atoms with Crippen LogP contribution in [-0.2, 0) is 13.1 Å². The van der Waals surface area contributed by atoms with E-state index in [2.05, 4.69) is 32.2 Å². The van der Waals surface area contributed by atoms with Crippen LogP contribution in [-0.4, -0.2) is 46.9 Å². The second kappa shape index (κ2) is 10.9. The Labute approximate surface area is 199 Å². The number of benzene rings is 2. The molecule has 2 heterocycles. The van der Waals surface area contributed by atoms with Crippen molar-refractivity contribution in [2.75, 3.05) is 31.5 Å². The first-order valence-electron chi connectivity index (χ1n) is 10.8. The molecule has 32 heavy (non-hydrogen) atoms. The van der Waals surface area contributed by atoms with Gasteiger partial charge in [-0.3, -0.25) is 19.6 Å². The summed E-state index contributed by atoms with van der Waals surface area (Å²) in [5.74, 6) is -0.207. The van der Waals surface area contributed by atoms with Gasteiger partial charge in [0.25, 0.3) is 5.91 Å². The summed E-state index contributed by atoms with van der Waals surface area (Å²) in [7, 11) is 0. The summed E-state index contributed by atoms with van der Waals surface area (Å²) in [5.41, 5.74) is 3.68. The van der Waals surface area contributed by atoms with Gasteiger partial charge in [-0.2, -0.15) is 0 Å². The molecule has 7 heteroatoms. The Balaban J connectivity index is 1.33. The van der Waals surface area contributed by atoms with Gasteiger partial charge in [-0.15, -0.1) is 0 Å². The zero-order chi connectivity index (χ0) is 22.3. The summed E-state index contributed by atoms with van der Waals surface area (Å²) in [6.07, 6.45) is 4.89. The molecular weight excluding hydrogens is 443 g/mol. The highest BCUT2D eigenvalue weighted by atomic mass is 35.5. The van der Waals surface area contributed by atoms with E-state index in [4.69, 9.17) is 23.2 Å². The molecular formula is C25H26Cl2N4O. The molecule has 0 atom stereocenters. The third kappa shape index (κ3) is 6.30. The molecule has 0 unspecified atom stereocenters. The lowest BCUT2D eigenvalue weighted by Gasteiger charge is -2.22. The molecule has 1 fully saturated rings. The van der Waals surface area contributed by atoms with Crippen molar-refractivity contribution >= 4 is 34.8 Å². The summed E-state index contributed by atoms with van der Waals surface area (Å²) < 4.78 is 0. The monoisotopic (exact) mass is 468 g/mol. The van der Waals surface area contributed by atoms with Crippen LogP contribution >= 0.6 is 23.2 Å². The zero-order valence-electron chi connectivity index (χ0n) is 17.8. The molecule has 5 nitrogen and oxygen atoms in total. The van der Waals surface area contributed by atoms with Crippen molar-refractivity contribution < 1.29 is 4.79 Å². The average Bonchev–Trinajstić information content (AvgIpc) is 3.01. The highest BCUT2D eigenvalue weighted by Crippen LogP contribution is 2.23. The summed E-state index contributed by atoms with van der Waals surface area (Å²) in [6, 6.07) is 17.0. The third-order valence-electron chi connectivity index (χ3n) is 5.58. The van der Waals surface area contributed by atoms with E-state index in [9.17, 15) is 4.79 Å². The summed E-state index contributed by atoms with van der Waals surface area (Å²) in [6.45, 7) is 5.99. The van der Waals surface area contributed by atoms with Crippen LogP contribution in [0.5, 0.6) is 0 Å². The Morgan fingerprint density at radius 3 is 2.34 bits per heavy atom. The highest BCUT2D eigenvalue weighted by molar-refractivity contribution is 6.42. The van der Waals surface area contributed by atoms with Gasteiger partial charge in [0.15, 0.2) is 0 Å². The number of amides is 1.